The molecule has 0 bridgehead atoms. The molecular formula is C50H90O9. The number of hydrogen-bond acceptors (Lipinski definition) is 9. The van der Waals surface area contributed by atoms with Gasteiger partial charge in [-0.05, 0) is 64.2 Å². The highest BCUT2D eigenvalue weighted by Crippen LogP contribution is 2.53. The molecule has 0 saturated heterocycles. The largest absolute Gasteiger partial charge is 0.466 e. The standard InChI is InChI=1S/C50H90O9/c1-5-9-13-17-21-25-40-56-44(51)30-36-49(37-31-45(52)57-41-26-22-18-14-10-6-2)34-29-35-50(48(49)55,38-32-46(53)58-42-27-23-19-15-11-7-3)39-33-47(54)59-43-28-24-20-16-12-8-4/h5-43H2,1-4H3. The number of Topliss-reactive ketones (excluding diaryl/α,β-unsaturated/α-hetero) is 1. The number of ketones is 1. The van der Waals surface area contributed by atoms with Crippen molar-refractivity contribution in [1.29, 1.82) is 0 Å². The van der Waals surface area contributed by atoms with Crippen LogP contribution in [-0.4, -0.2) is 56.1 Å². The maximum atomic E-state index is 15.2. The molecule has 0 aromatic heterocycles. The number of unbranched alkanes of at least 4 members (excludes halogenated alkanes) is 20. The number of rotatable bonds is 40. The van der Waals surface area contributed by atoms with Gasteiger partial charge in [-0.1, -0.05) is 163 Å². The molecule has 0 aromatic rings. The molecule has 0 spiro atoms. The summed E-state index contributed by atoms with van der Waals surface area (Å²) in [7, 11) is 0. The zero-order valence-corrected chi connectivity index (χ0v) is 38.8. The first-order valence-corrected chi connectivity index (χ1v) is 24.9. The lowest BCUT2D eigenvalue weighted by Gasteiger charge is -2.47. The highest BCUT2D eigenvalue weighted by Gasteiger charge is 2.52. The number of carbonyl (C=O) groups excluding carboxylic acids is 5. The lowest BCUT2D eigenvalue weighted by atomic mass is 9.55. The minimum atomic E-state index is -0.971. The summed E-state index contributed by atoms with van der Waals surface area (Å²) in [5.74, 6) is -1.36. The second-order valence-corrected chi connectivity index (χ2v) is 17.7. The van der Waals surface area contributed by atoms with Crippen molar-refractivity contribution in [2.45, 2.75) is 252 Å². The molecule has 1 aliphatic carbocycles. The Hall–Kier alpha value is -2.45. The van der Waals surface area contributed by atoms with Crippen LogP contribution in [0.25, 0.3) is 0 Å². The molecular weight excluding hydrogens is 745 g/mol. The molecule has 0 amide bonds. The first kappa shape index (κ1) is 54.6. The fourth-order valence-corrected chi connectivity index (χ4v) is 8.69. The van der Waals surface area contributed by atoms with Gasteiger partial charge in [0.2, 0.25) is 0 Å². The van der Waals surface area contributed by atoms with E-state index in [9.17, 15) is 19.2 Å². The lowest BCUT2D eigenvalue weighted by Crippen LogP contribution is -2.48. The van der Waals surface area contributed by atoms with E-state index < -0.39 is 10.8 Å². The minimum absolute atomic E-state index is 0.0452. The van der Waals surface area contributed by atoms with Gasteiger partial charge in [0.25, 0.3) is 0 Å². The van der Waals surface area contributed by atoms with E-state index in [1.54, 1.807) is 0 Å². The van der Waals surface area contributed by atoms with Crippen molar-refractivity contribution >= 4 is 29.7 Å². The van der Waals surface area contributed by atoms with E-state index in [0.29, 0.717) is 45.7 Å². The average molecular weight is 835 g/mol. The second kappa shape index (κ2) is 36.2. The highest BCUT2D eigenvalue weighted by molar-refractivity contribution is 5.92. The van der Waals surface area contributed by atoms with Crippen LogP contribution in [0, 0.1) is 10.8 Å². The molecule has 1 aliphatic rings. The van der Waals surface area contributed by atoms with Gasteiger partial charge in [0.1, 0.15) is 5.78 Å². The Bertz CT molecular complexity index is 952. The molecule has 59 heavy (non-hydrogen) atoms. The van der Waals surface area contributed by atoms with E-state index in [2.05, 4.69) is 27.7 Å². The van der Waals surface area contributed by atoms with Gasteiger partial charge in [0.05, 0.1) is 26.4 Å². The van der Waals surface area contributed by atoms with Crippen LogP contribution in [0.2, 0.25) is 0 Å². The van der Waals surface area contributed by atoms with Crippen molar-refractivity contribution in [2.75, 3.05) is 26.4 Å². The number of hydrogen-bond donors (Lipinski definition) is 0. The van der Waals surface area contributed by atoms with E-state index >= 15 is 4.79 Å². The monoisotopic (exact) mass is 835 g/mol. The summed E-state index contributed by atoms with van der Waals surface area (Å²) in [6, 6.07) is 0. The summed E-state index contributed by atoms with van der Waals surface area (Å²) in [4.78, 5) is 67.6. The SMILES string of the molecule is CCCCCCCCOC(=O)CCC1(CCC(=O)OCCCCCCCC)CCCC(CCC(=O)OCCCCCCCC)(CCC(=O)OCCCCCCCC)C1=O. The molecule has 1 fully saturated rings. The molecule has 9 heteroatoms. The predicted molar refractivity (Wildman–Crippen MR) is 238 cm³/mol. The van der Waals surface area contributed by atoms with Gasteiger partial charge < -0.3 is 18.9 Å². The third-order valence-electron chi connectivity index (χ3n) is 12.5. The Morgan fingerprint density at radius 2 is 0.593 bits per heavy atom. The van der Waals surface area contributed by atoms with Crippen LogP contribution in [0.1, 0.15) is 252 Å². The summed E-state index contributed by atoms with van der Waals surface area (Å²) in [6.45, 7) is 10.2. The molecule has 0 unspecified atom stereocenters. The molecule has 0 heterocycles. The molecule has 1 rings (SSSR count). The summed E-state index contributed by atoms with van der Waals surface area (Å²) < 4.78 is 22.6. The fourth-order valence-electron chi connectivity index (χ4n) is 8.69. The predicted octanol–water partition coefficient (Wildman–Crippen LogP) is 13.4. The maximum absolute atomic E-state index is 15.2. The van der Waals surface area contributed by atoms with Crippen LogP contribution in [0.15, 0.2) is 0 Å². The smallest absolute Gasteiger partial charge is 0.305 e. The summed E-state index contributed by atoms with van der Waals surface area (Å²) >= 11 is 0. The Morgan fingerprint density at radius 3 is 0.831 bits per heavy atom. The maximum Gasteiger partial charge on any atom is 0.305 e. The number of esters is 4. The van der Waals surface area contributed by atoms with Gasteiger partial charge in [-0.2, -0.15) is 0 Å². The molecule has 0 aromatic carbocycles. The van der Waals surface area contributed by atoms with Crippen molar-refractivity contribution in [3.8, 4) is 0 Å². The van der Waals surface area contributed by atoms with Crippen LogP contribution in [0.3, 0.4) is 0 Å². The van der Waals surface area contributed by atoms with Crippen LogP contribution in [0.5, 0.6) is 0 Å². The summed E-state index contributed by atoms with van der Waals surface area (Å²) in [5, 5.41) is 0. The van der Waals surface area contributed by atoms with Crippen LogP contribution >= 0.6 is 0 Å². The van der Waals surface area contributed by atoms with E-state index in [1.165, 1.54) is 77.0 Å². The topological polar surface area (TPSA) is 122 Å². The lowest BCUT2D eigenvalue weighted by molar-refractivity contribution is -0.153. The average Bonchev–Trinajstić information content (AvgIpc) is 3.23. The van der Waals surface area contributed by atoms with Gasteiger partial charge >= 0.3 is 23.9 Å². The van der Waals surface area contributed by atoms with Crippen molar-refractivity contribution < 1.29 is 42.9 Å². The van der Waals surface area contributed by atoms with Crippen LogP contribution in [-0.2, 0) is 42.9 Å². The molecule has 0 N–H and O–H groups in total. The van der Waals surface area contributed by atoms with Crippen molar-refractivity contribution in [1.82, 2.24) is 0 Å². The van der Waals surface area contributed by atoms with E-state index in [4.69, 9.17) is 18.9 Å². The zero-order chi connectivity index (χ0) is 43.3. The third-order valence-corrected chi connectivity index (χ3v) is 12.5. The van der Waals surface area contributed by atoms with Crippen LogP contribution in [0.4, 0.5) is 0 Å². The van der Waals surface area contributed by atoms with E-state index in [1.807, 2.05) is 0 Å². The summed E-state index contributed by atoms with van der Waals surface area (Å²) in [6.07, 6.45) is 29.3. The van der Waals surface area contributed by atoms with E-state index in [-0.39, 0.29) is 81.0 Å². The Morgan fingerprint density at radius 1 is 0.373 bits per heavy atom. The Balaban J connectivity index is 3.11. The van der Waals surface area contributed by atoms with Crippen molar-refractivity contribution in [2.24, 2.45) is 10.8 Å². The molecule has 0 atom stereocenters. The third kappa shape index (κ3) is 26.5. The Kier molecular flexibility index (Phi) is 33.5. The second-order valence-electron chi connectivity index (χ2n) is 17.7. The molecule has 0 radical (unpaired) electrons. The number of carbonyl (C=O) groups is 5. The number of ether oxygens (including phenoxy) is 4. The van der Waals surface area contributed by atoms with Gasteiger partial charge in [-0.15, -0.1) is 0 Å². The van der Waals surface area contributed by atoms with Gasteiger partial charge in [0.15, 0.2) is 0 Å². The summed E-state index contributed by atoms with van der Waals surface area (Å²) in [5.41, 5.74) is -1.94. The molecule has 9 nitrogen and oxygen atoms in total. The van der Waals surface area contributed by atoms with Gasteiger partial charge in [0, 0.05) is 36.5 Å². The minimum Gasteiger partial charge on any atom is -0.466 e. The van der Waals surface area contributed by atoms with Crippen LogP contribution < -0.4 is 0 Å². The molecule has 344 valence electrons. The highest BCUT2D eigenvalue weighted by atomic mass is 16.5. The quantitative estimate of drug-likeness (QED) is 0.0337. The first-order chi connectivity index (χ1) is 28.7. The molecule has 0 aliphatic heterocycles. The molecule has 1 saturated carbocycles. The van der Waals surface area contributed by atoms with Crippen molar-refractivity contribution in [3.63, 3.8) is 0 Å². The normalized spacial score (nSPS) is 14.5. The van der Waals surface area contributed by atoms with Crippen molar-refractivity contribution in [3.05, 3.63) is 0 Å². The zero-order valence-electron chi connectivity index (χ0n) is 38.8. The van der Waals surface area contributed by atoms with Gasteiger partial charge in [-0.25, -0.2) is 0 Å². The fraction of sp³-hybridized carbons (Fsp3) is 0.900. The Labute approximate surface area is 361 Å². The first-order valence-electron chi connectivity index (χ1n) is 24.9. The van der Waals surface area contributed by atoms with Gasteiger partial charge in [-0.3, -0.25) is 24.0 Å². The van der Waals surface area contributed by atoms with E-state index in [0.717, 1.165) is 77.0 Å².